The van der Waals surface area contributed by atoms with Gasteiger partial charge in [0.15, 0.2) is 5.69 Å². The Hall–Kier alpha value is -2.29. The molecule has 2 rings (SSSR count). The van der Waals surface area contributed by atoms with E-state index in [-0.39, 0.29) is 17.6 Å². The molecule has 1 aliphatic heterocycles. The number of primary amides is 1. The highest BCUT2D eigenvalue weighted by molar-refractivity contribution is 5.84. The van der Waals surface area contributed by atoms with Crippen LogP contribution in [0.2, 0.25) is 0 Å². The summed E-state index contributed by atoms with van der Waals surface area (Å²) in [6.07, 6.45) is 1.62. The summed E-state index contributed by atoms with van der Waals surface area (Å²) in [6, 6.07) is 4.92. The topological polar surface area (TPSA) is 109 Å². The van der Waals surface area contributed by atoms with Crippen molar-refractivity contribution >= 4 is 17.4 Å². The normalized spacial score (nSPS) is 19.0. The van der Waals surface area contributed by atoms with Crippen LogP contribution >= 0.6 is 0 Å². The summed E-state index contributed by atoms with van der Waals surface area (Å²) in [7, 11) is 0. The van der Waals surface area contributed by atoms with Crippen LogP contribution in [0.3, 0.4) is 0 Å². The molecular weight excluding hydrogens is 218 g/mol. The van der Waals surface area contributed by atoms with Crippen LogP contribution in [0.5, 0.6) is 0 Å². The highest BCUT2D eigenvalue weighted by Gasteiger charge is 2.30. The van der Waals surface area contributed by atoms with Crippen LogP contribution in [0.15, 0.2) is 12.1 Å². The molecule has 0 saturated carbocycles. The van der Waals surface area contributed by atoms with E-state index in [9.17, 15) is 4.79 Å². The standard InChI is InChI=1S/C11H13N5O/c12-6-8-7(13)3-4-10(15-8)16-5-1-2-9(16)11(14)17/h3-4,9H,1-2,5,13H2,(H2,14,17). The molecule has 6 nitrogen and oxygen atoms in total. The summed E-state index contributed by atoms with van der Waals surface area (Å²) in [5.74, 6) is 0.219. The lowest BCUT2D eigenvalue weighted by Gasteiger charge is -2.23. The first-order chi connectivity index (χ1) is 8.13. The minimum absolute atomic E-state index is 0.178. The Morgan fingerprint density at radius 1 is 1.59 bits per heavy atom. The van der Waals surface area contributed by atoms with Gasteiger partial charge in [0.1, 0.15) is 17.9 Å². The van der Waals surface area contributed by atoms with Crippen LogP contribution in [0, 0.1) is 11.3 Å². The maximum atomic E-state index is 11.3. The zero-order chi connectivity index (χ0) is 12.4. The van der Waals surface area contributed by atoms with Gasteiger partial charge in [0.25, 0.3) is 0 Å². The number of nitrogen functional groups attached to an aromatic ring is 1. The van der Waals surface area contributed by atoms with E-state index in [1.807, 2.05) is 11.0 Å². The van der Waals surface area contributed by atoms with Gasteiger partial charge < -0.3 is 16.4 Å². The third-order valence-electron chi connectivity index (χ3n) is 2.89. The fourth-order valence-corrected chi connectivity index (χ4v) is 2.05. The van der Waals surface area contributed by atoms with E-state index in [2.05, 4.69) is 4.98 Å². The fraction of sp³-hybridized carbons (Fsp3) is 0.364. The van der Waals surface area contributed by atoms with Crippen LogP contribution in [0.4, 0.5) is 11.5 Å². The maximum absolute atomic E-state index is 11.3. The predicted molar refractivity (Wildman–Crippen MR) is 62.9 cm³/mol. The Labute approximate surface area is 98.8 Å². The van der Waals surface area contributed by atoms with E-state index in [0.717, 1.165) is 19.4 Å². The van der Waals surface area contributed by atoms with Crippen molar-refractivity contribution in [1.82, 2.24) is 4.98 Å². The molecule has 17 heavy (non-hydrogen) atoms. The molecule has 1 aliphatic rings. The first-order valence-electron chi connectivity index (χ1n) is 5.36. The summed E-state index contributed by atoms with van der Waals surface area (Å²) in [4.78, 5) is 17.2. The molecule has 1 atom stereocenters. The van der Waals surface area contributed by atoms with Crippen molar-refractivity contribution in [3.05, 3.63) is 17.8 Å². The third-order valence-corrected chi connectivity index (χ3v) is 2.89. The molecule has 1 fully saturated rings. The first-order valence-corrected chi connectivity index (χ1v) is 5.36. The van der Waals surface area contributed by atoms with Crippen molar-refractivity contribution in [2.45, 2.75) is 18.9 Å². The zero-order valence-electron chi connectivity index (χ0n) is 9.26. The molecule has 1 unspecified atom stereocenters. The number of pyridine rings is 1. The quantitative estimate of drug-likeness (QED) is 0.744. The minimum atomic E-state index is -0.361. The number of rotatable bonds is 2. The third kappa shape index (κ3) is 1.99. The molecule has 4 N–H and O–H groups in total. The van der Waals surface area contributed by atoms with Gasteiger partial charge in [0, 0.05) is 6.54 Å². The molecule has 0 aliphatic carbocycles. The zero-order valence-corrected chi connectivity index (χ0v) is 9.26. The summed E-state index contributed by atoms with van der Waals surface area (Å²) in [6.45, 7) is 0.718. The highest BCUT2D eigenvalue weighted by Crippen LogP contribution is 2.25. The number of amides is 1. The fourth-order valence-electron chi connectivity index (χ4n) is 2.05. The second-order valence-corrected chi connectivity index (χ2v) is 3.97. The van der Waals surface area contributed by atoms with E-state index in [1.165, 1.54) is 0 Å². The molecule has 0 spiro atoms. The lowest BCUT2D eigenvalue weighted by Crippen LogP contribution is -2.40. The van der Waals surface area contributed by atoms with Crippen molar-refractivity contribution in [2.24, 2.45) is 5.73 Å². The number of anilines is 2. The molecule has 0 bridgehead atoms. The van der Waals surface area contributed by atoms with Crippen LogP contribution in [-0.4, -0.2) is 23.5 Å². The van der Waals surface area contributed by atoms with Gasteiger partial charge in [0.05, 0.1) is 5.69 Å². The van der Waals surface area contributed by atoms with Crippen molar-refractivity contribution in [2.75, 3.05) is 17.2 Å². The monoisotopic (exact) mass is 231 g/mol. The second-order valence-electron chi connectivity index (χ2n) is 3.97. The van der Waals surface area contributed by atoms with Gasteiger partial charge in [-0.3, -0.25) is 4.79 Å². The van der Waals surface area contributed by atoms with E-state index >= 15 is 0 Å². The Bertz CT molecular complexity index is 493. The molecule has 88 valence electrons. The lowest BCUT2D eigenvalue weighted by atomic mass is 10.2. The highest BCUT2D eigenvalue weighted by atomic mass is 16.1. The average molecular weight is 231 g/mol. The van der Waals surface area contributed by atoms with Crippen LogP contribution < -0.4 is 16.4 Å². The Morgan fingerprint density at radius 2 is 2.35 bits per heavy atom. The maximum Gasteiger partial charge on any atom is 0.240 e. The summed E-state index contributed by atoms with van der Waals surface area (Å²) >= 11 is 0. The molecule has 6 heteroatoms. The number of carbonyl (C=O) groups excluding carboxylic acids is 1. The Morgan fingerprint density at radius 3 is 3.00 bits per heavy atom. The van der Waals surface area contributed by atoms with E-state index in [0.29, 0.717) is 11.5 Å². The van der Waals surface area contributed by atoms with Gasteiger partial charge in [-0.25, -0.2) is 4.98 Å². The van der Waals surface area contributed by atoms with Gasteiger partial charge in [-0.05, 0) is 25.0 Å². The van der Waals surface area contributed by atoms with E-state index < -0.39 is 0 Å². The predicted octanol–water partition coefficient (Wildman–Crippen LogP) is -0.0104. The number of nitrogens with two attached hydrogens (primary N) is 2. The summed E-state index contributed by atoms with van der Waals surface area (Å²) in [5, 5.41) is 8.86. The van der Waals surface area contributed by atoms with Gasteiger partial charge >= 0.3 is 0 Å². The molecule has 2 heterocycles. The number of nitriles is 1. The number of nitrogens with zero attached hydrogens (tertiary/aromatic N) is 3. The molecule has 0 radical (unpaired) electrons. The molecule has 0 aromatic carbocycles. The van der Waals surface area contributed by atoms with Gasteiger partial charge in [-0.1, -0.05) is 0 Å². The Balaban J connectivity index is 2.34. The first kappa shape index (κ1) is 11.2. The molecule has 1 aromatic heterocycles. The molecule has 1 amide bonds. The molecule has 1 aromatic rings. The number of hydrogen-bond donors (Lipinski definition) is 2. The molecular formula is C11H13N5O. The van der Waals surface area contributed by atoms with Crippen LogP contribution in [-0.2, 0) is 4.79 Å². The summed E-state index contributed by atoms with van der Waals surface area (Å²) < 4.78 is 0. The number of hydrogen-bond acceptors (Lipinski definition) is 5. The Kier molecular flexibility index (Phi) is 2.83. The largest absolute Gasteiger partial charge is 0.396 e. The van der Waals surface area contributed by atoms with Gasteiger partial charge in [-0.2, -0.15) is 5.26 Å². The smallest absolute Gasteiger partial charge is 0.240 e. The number of aromatic nitrogens is 1. The molecule has 1 saturated heterocycles. The van der Waals surface area contributed by atoms with Crippen molar-refractivity contribution < 1.29 is 4.79 Å². The average Bonchev–Trinajstić information content (AvgIpc) is 2.78. The van der Waals surface area contributed by atoms with Crippen LogP contribution in [0.1, 0.15) is 18.5 Å². The SMILES string of the molecule is N#Cc1nc(N2CCCC2C(N)=O)ccc1N. The van der Waals surface area contributed by atoms with Gasteiger partial charge in [-0.15, -0.1) is 0 Å². The number of carbonyl (C=O) groups is 1. The second kappa shape index (κ2) is 4.29. The lowest BCUT2D eigenvalue weighted by molar-refractivity contribution is -0.119. The van der Waals surface area contributed by atoms with Crippen molar-refractivity contribution in [3.8, 4) is 6.07 Å². The van der Waals surface area contributed by atoms with Crippen LogP contribution in [0.25, 0.3) is 0 Å². The van der Waals surface area contributed by atoms with E-state index in [1.54, 1.807) is 12.1 Å². The van der Waals surface area contributed by atoms with Crippen molar-refractivity contribution in [1.29, 1.82) is 5.26 Å². The minimum Gasteiger partial charge on any atom is -0.396 e. The summed E-state index contributed by atoms with van der Waals surface area (Å²) in [5.41, 5.74) is 11.4. The van der Waals surface area contributed by atoms with E-state index in [4.69, 9.17) is 16.7 Å². The van der Waals surface area contributed by atoms with Crippen molar-refractivity contribution in [3.63, 3.8) is 0 Å². The van der Waals surface area contributed by atoms with Gasteiger partial charge in [0.2, 0.25) is 5.91 Å².